The summed E-state index contributed by atoms with van der Waals surface area (Å²) < 4.78 is 31.4. The molecule has 0 atom stereocenters. The second-order valence-corrected chi connectivity index (χ2v) is 7.44. The molecule has 27 heavy (non-hydrogen) atoms. The molecule has 0 radical (unpaired) electrons. The number of anilines is 2. The highest BCUT2D eigenvalue weighted by molar-refractivity contribution is 7.92. The Kier molecular flexibility index (Phi) is 6.79. The van der Waals surface area contributed by atoms with Crippen LogP contribution in [0.3, 0.4) is 0 Å². The average molecular weight is 386 g/mol. The van der Waals surface area contributed by atoms with Crippen molar-refractivity contribution in [2.45, 2.75) is 13.8 Å². The van der Waals surface area contributed by atoms with Gasteiger partial charge in [-0.2, -0.15) is 0 Å². The van der Waals surface area contributed by atoms with E-state index in [0.29, 0.717) is 17.2 Å². The molecule has 0 saturated heterocycles. The lowest BCUT2D eigenvalue weighted by Crippen LogP contribution is -2.17. The van der Waals surface area contributed by atoms with Crippen molar-refractivity contribution in [1.29, 1.82) is 0 Å². The first-order valence-electron chi connectivity index (χ1n) is 8.27. The molecule has 2 aromatic carbocycles. The maximum atomic E-state index is 12.7. The molecule has 6 nitrogen and oxygen atoms in total. The largest absolute Gasteiger partial charge is 0.458 e. The van der Waals surface area contributed by atoms with Crippen molar-refractivity contribution < 1.29 is 17.9 Å². The fourth-order valence-corrected chi connectivity index (χ4v) is 2.85. The van der Waals surface area contributed by atoms with Crippen molar-refractivity contribution in [3.05, 3.63) is 78.1 Å². The third-order valence-corrected chi connectivity index (χ3v) is 4.00. The lowest BCUT2D eigenvalue weighted by atomic mass is 10.1. The van der Waals surface area contributed by atoms with E-state index >= 15 is 0 Å². The van der Waals surface area contributed by atoms with Crippen molar-refractivity contribution >= 4 is 27.3 Å². The SMILES string of the molecule is C/C=C\C(=C/C)Oc1ccc(NS(C)(=O)=O)c(C(=O)Nc2ccccc2)c1. The minimum atomic E-state index is -3.55. The maximum absolute atomic E-state index is 12.7. The Morgan fingerprint density at radius 2 is 1.78 bits per heavy atom. The van der Waals surface area contributed by atoms with Crippen LogP contribution in [0.4, 0.5) is 11.4 Å². The van der Waals surface area contributed by atoms with E-state index in [9.17, 15) is 13.2 Å². The summed E-state index contributed by atoms with van der Waals surface area (Å²) in [6, 6.07) is 13.5. The van der Waals surface area contributed by atoms with Crippen LogP contribution in [0.2, 0.25) is 0 Å². The molecular formula is C20H22N2O4S. The van der Waals surface area contributed by atoms with Gasteiger partial charge in [-0.15, -0.1) is 0 Å². The number of allylic oxidation sites excluding steroid dienone is 3. The summed E-state index contributed by atoms with van der Waals surface area (Å²) in [6.07, 6.45) is 6.43. The average Bonchev–Trinajstić information content (AvgIpc) is 2.62. The van der Waals surface area contributed by atoms with Crippen molar-refractivity contribution in [2.75, 3.05) is 16.3 Å². The number of carbonyl (C=O) groups excluding carboxylic acids is 1. The zero-order chi connectivity index (χ0) is 19.9. The molecule has 2 aromatic rings. The summed E-state index contributed by atoms with van der Waals surface area (Å²) in [7, 11) is -3.55. The summed E-state index contributed by atoms with van der Waals surface area (Å²) in [4.78, 5) is 12.7. The number of benzene rings is 2. The van der Waals surface area contributed by atoms with Gasteiger partial charge in [0, 0.05) is 5.69 Å². The van der Waals surface area contributed by atoms with Crippen molar-refractivity contribution in [3.63, 3.8) is 0 Å². The van der Waals surface area contributed by atoms with Crippen LogP contribution >= 0.6 is 0 Å². The summed E-state index contributed by atoms with van der Waals surface area (Å²) in [6.45, 7) is 3.70. The van der Waals surface area contributed by atoms with Gasteiger partial charge in [-0.1, -0.05) is 24.3 Å². The van der Waals surface area contributed by atoms with Crippen molar-refractivity contribution in [2.24, 2.45) is 0 Å². The highest BCUT2D eigenvalue weighted by Crippen LogP contribution is 2.25. The van der Waals surface area contributed by atoms with Crippen LogP contribution in [0.1, 0.15) is 24.2 Å². The number of sulfonamides is 1. The second kappa shape index (κ2) is 9.05. The maximum Gasteiger partial charge on any atom is 0.257 e. The fraction of sp³-hybridized carbons (Fsp3) is 0.150. The molecule has 0 aliphatic heterocycles. The molecule has 142 valence electrons. The van der Waals surface area contributed by atoms with E-state index in [0.717, 1.165) is 6.26 Å². The third kappa shape index (κ3) is 6.31. The summed E-state index contributed by atoms with van der Waals surface area (Å²) in [5, 5.41) is 2.75. The predicted octanol–water partition coefficient (Wildman–Crippen LogP) is 4.17. The fourth-order valence-electron chi connectivity index (χ4n) is 2.27. The number of ether oxygens (including phenoxy) is 1. The molecule has 2 N–H and O–H groups in total. The molecule has 0 aliphatic rings. The number of amides is 1. The van der Waals surface area contributed by atoms with Gasteiger partial charge in [-0.05, 0) is 56.3 Å². The van der Waals surface area contributed by atoms with E-state index in [1.54, 1.807) is 42.5 Å². The number of hydrogen-bond acceptors (Lipinski definition) is 4. The van der Waals surface area contributed by atoms with E-state index in [4.69, 9.17) is 4.74 Å². The topological polar surface area (TPSA) is 84.5 Å². The van der Waals surface area contributed by atoms with Gasteiger partial charge in [0.1, 0.15) is 11.5 Å². The van der Waals surface area contributed by atoms with E-state index in [2.05, 4.69) is 10.0 Å². The minimum absolute atomic E-state index is 0.151. The lowest BCUT2D eigenvalue weighted by molar-refractivity contribution is 0.102. The molecule has 0 unspecified atom stereocenters. The van der Waals surface area contributed by atoms with E-state index in [1.807, 2.05) is 26.0 Å². The Hall–Kier alpha value is -3.06. The Labute approximate surface area is 159 Å². The zero-order valence-electron chi connectivity index (χ0n) is 15.4. The third-order valence-electron chi connectivity index (χ3n) is 3.41. The van der Waals surface area contributed by atoms with Crippen LogP contribution in [0.25, 0.3) is 0 Å². The zero-order valence-corrected chi connectivity index (χ0v) is 16.2. The van der Waals surface area contributed by atoms with Crippen LogP contribution in [-0.2, 0) is 10.0 Å². The molecule has 0 saturated carbocycles. The summed E-state index contributed by atoms with van der Waals surface area (Å²) >= 11 is 0. The predicted molar refractivity (Wildman–Crippen MR) is 109 cm³/mol. The molecule has 0 aliphatic carbocycles. The Balaban J connectivity index is 2.39. The molecule has 7 heteroatoms. The number of rotatable bonds is 7. The number of nitrogens with one attached hydrogen (secondary N) is 2. The Morgan fingerprint density at radius 3 is 2.37 bits per heavy atom. The van der Waals surface area contributed by atoms with E-state index in [-0.39, 0.29) is 11.3 Å². The van der Waals surface area contributed by atoms with Crippen molar-refractivity contribution in [1.82, 2.24) is 0 Å². The van der Waals surface area contributed by atoms with Gasteiger partial charge in [0.15, 0.2) is 0 Å². The van der Waals surface area contributed by atoms with Gasteiger partial charge in [0.05, 0.1) is 17.5 Å². The van der Waals surface area contributed by atoms with Gasteiger partial charge < -0.3 is 10.1 Å². The number of hydrogen-bond donors (Lipinski definition) is 2. The monoisotopic (exact) mass is 386 g/mol. The number of carbonyl (C=O) groups is 1. The van der Waals surface area contributed by atoms with Crippen LogP contribution in [-0.4, -0.2) is 20.6 Å². The van der Waals surface area contributed by atoms with Crippen LogP contribution in [0, 0.1) is 0 Å². The van der Waals surface area contributed by atoms with Gasteiger partial charge >= 0.3 is 0 Å². The summed E-state index contributed by atoms with van der Waals surface area (Å²) in [5.41, 5.74) is 0.922. The van der Waals surface area contributed by atoms with Gasteiger partial charge in [-0.25, -0.2) is 8.42 Å². The standard InChI is InChI=1S/C20H22N2O4S/c1-4-9-16(5-2)26-17-12-13-19(22-27(3,24)25)18(14-17)20(23)21-15-10-7-6-8-11-15/h4-14,22H,1-3H3,(H,21,23)/b9-4-,16-5+. The molecule has 0 spiro atoms. The van der Waals surface area contributed by atoms with Gasteiger partial charge in [-0.3, -0.25) is 9.52 Å². The smallest absolute Gasteiger partial charge is 0.257 e. The molecule has 0 fully saturated rings. The molecule has 1 amide bonds. The molecule has 0 aromatic heterocycles. The quantitative estimate of drug-likeness (QED) is 0.552. The molecule has 2 rings (SSSR count). The van der Waals surface area contributed by atoms with E-state index in [1.165, 1.54) is 12.1 Å². The first-order valence-corrected chi connectivity index (χ1v) is 10.2. The normalized spacial score (nSPS) is 12.0. The first kappa shape index (κ1) is 20.3. The number of para-hydroxylation sites is 1. The summed E-state index contributed by atoms with van der Waals surface area (Å²) in [5.74, 6) is 0.570. The van der Waals surface area contributed by atoms with E-state index < -0.39 is 15.9 Å². The molecule has 0 bridgehead atoms. The van der Waals surface area contributed by atoms with Gasteiger partial charge in [0.25, 0.3) is 5.91 Å². The second-order valence-electron chi connectivity index (χ2n) is 5.69. The lowest BCUT2D eigenvalue weighted by Gasteiger charge is -2.14. The first-order chi connectivity index (χ1) is 12.8. The van der Waals surface area contributed by atoms with Crippen LogP contribution in [0.5, 0.6) is 5.75 Å². The van der Waals surface area contributed by atoms with Crippen LogP contribution < -0.4 is 14.8 Å². The highest BCUT2D eigenvalue weighted by Gasteiger charge is 2.16. The van der Waals surface area contributed by atoms with Crippen molar-refractivity contribution in [3.8, 4) is 5.75 Å². The molecule has 0 heterocycles. The van der Waals surface area contributed by atoms with Crippen LogP contribution in [0.15, 0.2) is 72.5 Å². The van der Waals surface area contributed by atoms with Gasteiger partial charge in [0.2, 0.25) is 10.0 Å². The Morgan fingerprint density at radius 1 is 1.07 bits per heavy atom. The highest BCUT2D eigenvalue weighted by atomic mass is 32.2. The minimum Gasteiger partial charge on any atom is -0.458 e. The Bertz CT molecular complexity index is 965. The molecular weight excluding hydrogens is 364 g/mol.